The molecule has 1 aromatic rings. The van der Waals surface area contributed by atoms with Crippen LogP contribution < -0.4 is 11.1 Å². The summed E-state index contributed by atoms with van der Waals surface area (Å²) in [6.45, 7) is 1.85. The Bertz CT molecular complexity index is 330. The van der Waals surface area contributed by atoms with Crippen molar-refractivity contribution in [2.24, 2.45) is 10.7 Å². The van der Waals surface area contributed by atoms with Crippen molar-refractivity contribution in [3.8, 4) is 0 Å². The van der Waals surface area contributed by atoms with Gasteiger partial charge in [-0.2, -0.15) is 0 Å². The number of pyridine rings is 1. The van der Waals surface area contributed by atoms with Crippen LogP contribution in [0.4, 0.5) is 11.5 Å². The molecule has 0 aromatic carbocycles. The maximum absolute atomic E-state index is 5.80. The van der Waals surface area contributed by atoms with E-state index >= 15 is 0 Å². The van der Waals surface area contributed by atoms with Crippen LogP contribution in [-0.4, -0.2) is 16.9 Å². The summed E-state index contributed by atoms with van der Waals surface area (Å²) in [6, 6.07) is 3.76. The number of rotatable bonds is 0. The lowest BCUT2D eigenvalue weighted by Crippen LogP contribution is -2.47. The van der Waals surface area contributed by atoms with Crippen LogP contribution in [0.5, 0.6) is 0 Å². The number of anilines is 1. The number of hydrogen-bond acceptors (Lipinski definition) is 4. The monoisotopic (exact) mass is 162 g/mol. The molecule has 4 nitrogen and oxygen atoms in total. The standard InChI is InChI=1S/C8H10N4/c1-8(9)5-11-7-6(12-8)3-2-4-10-7/h2-5,12H,9H2,1H3. The van der Waals surface area contributed by atoms with Gasteiger partial charge in [0.1, 0.15) is 5.66 Å². The predicted molar refractivity (Wildman–Crippen MR) is 48.6 cm³/mol. The molecule has 1 unspecified atom stereocenters. The molecule has 0 fully saturated rings. The summed E-state index contributed by atoms with van der Waals surface area (Å²) in [4.78, 5) is 8.19. The zero-order valence-electron chi connectivity index (χ0n) is 6.78. The van der Waals surface area contributed by atoms with Crippen molar-refractivity contribution in [2.75, 3.05) is 5.32 Å². The fraction of sp³-hybridized carbons (Fsp3) is 0.250. The minimum Gasteiger partial charge on any atom is -0.360 e. The third-order valence-electron chi connectivity index (χ3n) is 1.65. The van der Waals surface area contributed by atoms with Gasteiger partial charge in [0.15, 0.2) is 5.82 Å². The first-order valence-electron chi connectivity index (χ1n) is 3.75. The van der Waals surface area contributed by atoms with Gasteiger partial charge in [0.25, 0.3) is 0 Å². The summed E-state index contributed by atoms with van der Waals surface area (Å²) >= 11 is 0. The van der Waals surface area contributed by atoms with Gasteiger partial charge in [-0.05, 0) is 19.1 Å². The number of nitrogens with one attached hydrogen (secondary N) is 1. The second-order valence-corrected chi connectivity index (χ2v) is 3.04. The Balaban J connectivity index is 2.46. The first kappa shape index (κ1) is 7.24. The molecule has 0 saturated carbocycles. The van der Waals surface area contributed by atoms with Crippen LogP contribution in [0.25, 0.3) is 0 Å². The van der Waals surface area contributed by atoms with E-state index in [2.05, 4.69) is 15.3 Å². The topological polar surface area (TPSA) is 63.3 Å². The molecule has 12 heavy (non-hydrogen) atoms. The summed E-state index contributed by atoms with van der Waals surface area (Å²) in [5.41, 5.74) is 6.12. The van der Waals surface area contributed by atoms with E-state index in [1.807, 2.05) is 19.1 Å². The summed E-state index contributed by atoms with van der Waals surface area (Å²) in [6.07, 6.45) is 3.36. The van der Waals surface area contributed by atoms with Crippen molar-refractivity contribution in [1.29, 1.82) is 0 Å². The first-order chi connectivity index (χ1) is 5.67. The Morgan fingerprint density at radius 3 is 3.25 bits per heavy atom. The van der Waals surface area contributed by atoms with E-state index in [0.29, 0.717) is 5.82 Å². The number of hydrogen-bond donors (Lipinski definition) is 2. The molecule has 3 N–H and O–H groups in total. The van der Waals surface area contributed by atoms with Gasteiger partial charge in [-0.25, -0.2) is 9.98 Å². The Hall–Kier alpha value is -1.42. The van der Waals surface area contributed by atoms with Crippen LogP contribution in [-0.2, 0) is 0 Å². The molecule has 4 heteroatoms. The molecule has 1 aromatic heterocycles. The van der Waals surface area contributed by atoms with Crippen LogP contribution in [0.3, 0.4) is 0 Å². The lowest BCUT2D eigenvalue weighted by atomic mass is 10.2. The van der Waals surface area contributed by atoms with Gasteiger partial charge in [-0.15, -0.1) is 0 Å². The average Bonchev–Trinajstić information content (AvgIpc) is 2.02. The van der Waals surface area contributed by atoms with Gasteiger partial charge >= 0.3 is 0 Å². The Morgan fingerprint density at radius 2 is 2.42 bits per heavy atom. The van der Waals surface area contributed by atoms with Crippen molar-refractivity contribution in [1.82, 2.24) is 4.98 Å². The molecule has 2 heterocycles. The summed E-state index contributed by atoms with van der Waals surface area (Å²) in [5.74, 6) is 0.695. The highest BCUT2D eigenvalue weighted by molar-refractivity contribution is 5.83. The number of nitrogens with zero attached hydrogens (tertiary/aromatic N) is 2. The van der Waals surface area contributed by atoms with Gasteiger partial charge in [0.05, 0.1) is 5.69 Å². The van der Waals surface area contributed by atoms with E-state index in [9.17, 15) is 0 Å². The SMILES string of the molecule is CC1(N)C=Nc2ncccc2N1. The van der Waals surface area contributed by atoms with Crippen LogP contribution in [0.15, 0.2) is 23.3 Å². The zero-order chi connectivity index (χ0) is 8.60. The van der Waals surface area contributed by atoms with Gasteiger partial charge in [0.2, 0.25) is 0 Å². The van der Waals surface area contributed by atoms with Crippen molar-refractivity contribution in [3.63, 3.8) is 0 Å². The van der Waals surface area contributed by atoms with Crippen LogP contribution in [0.2, 0.25) is 0 Å². The second kappa shape index (κ2) is 2.28. The summed E-state index contributed by atoms with van der Waals surface area (Å²) < 4.78 is 0. The third kappa shape index (κ3) is 1.16. The van der Waals surface area contributed by atoms with E-state index in [0.717, 1.165) is 5.69 Å². The summed E-state index contributed by atoms with van der Waals surface area (Å²) in [5, 5.41) is 3.10. The molecule has 2 rings (SSSR count). The molecule has 0 aliphatic carbocycles. The molecule has 0 saturated heterocycles. The maximum atomic E-state index is 5.80. The van der Waals surface area contributed by atoms with Crippen LogP contribution in [0, 0.1) is 0 Å². The molecular weight excluding hydrogens is 152 g/mol. The minimum atomic E-state index is -0.559. The van der Waals surface area contributed by atoms with Gasteiger partial charge in [-0.1, -0.05) is 0 Å². The lowest BCUT2D eigenvalue weighted by Gasteiger charge is -2.26. The van der Waals surface area contributed by atoms with E-state index in [4.69, 9.17) is 5.73 Å². The molecule has 0 radical (unpaired) electrons. The molecular formula is C8H10N4. The Kier molecular flexibility index (Phi) is 1.38. The fourth-order valence-electron chi connectivity index (χ4n) is 1.12. The normalized spacial score (nSPS) is 26.2. The van der Waals surface area contributed by atoms with Crippen molar-refractivity contribution in [2.45, 2.75) is 12.6 Å². The van der Waals surface area contributed by atoms with E-state index in [1.165, 1.54) is 0 Å². The molecule has 0 bridgehead atoms. The van der Waals surface area contributed by atoms with Gasteiger partial charge in [-0.3, -0.25) is 0 Å². The van der Waals surface area contributed by atoms with Crippen LogP contribution in [0.1, 0.15) is 6.92 Å². The van der Waals surface area contributed by atoms with E-state index in [1.54, 1.807) is 12.4 Å². The third-order valence-corrected chi connectivity index (χ3v) is 1.65. The number of aliphatic imine (C=N–C) groups is 1. The predicted octanol–water partition coefficient (Wildman–Crippen LogP) is 0.884. The zero-order valence-corrected chi connectivity index (χ0v) is 6.78. The fourth-order valence-corrected chi connectivity index (χ4v) is 1.12. The van der Waals surface area contributed by atoms with E-state index in [-0.39, 0.29) is 0 Å². The quantitative estimate of drug-likeness (QED) is 0.595. The first-order valence-corrected chi connectivity index (χ1v) is 3.75. The number of fused-ring (bicyclic) bond motifs is 1. The van der Waals surface area contributed by atoms with Crippen molar-refractivity contribution < 1.29 is 0 Å². The van der Waals surface area contributed by atoms with Gasteiger partial charge in [0, 0.05) is 12.4 Å². The molecule has 62 valence electrons. The largest absolute Gasteiger partial charge is 0.360 e. The summed E-state index contributed by atoms with van der Waals surface area (Å²) in [7, 11) is 0. The minimum absolute atomic E-state index is 0.559. The highest BCUT2D eigenvalue weighted by Crippen LogP contribution is 2.26. The van der Waals surface area contributed by atoms with Crippen LogP contribution >= 0.6 is 0 Å². The molecule has 1 aliphatic heterocycles. The second-order valence-electron chi connectivity index (χ2n) is 3.04. The lowest BCUT2D eigenvalue weighted by molar-refractivity contribution is 0.725. The van der Waals surface area contributed by atoms with Crippen molar-refractivity contribution in [3.05, 3.63) is 18.3 Å². The molecule has 1 aliphatic rings. The van der Waals surface area contributed by atoms with E-state index < -0.39 is 5.66 Å². The van der Waals surface area contributed by atoms with Gasteiger partial charge < -0.3 is 11.1 Å². The molecule has 0 spiro atoms. The Morgan fingerprint density at radius 1 is 1.58 bits per heavy atom. The van der Waals surface area contributed by atoms with Crippen molar-refractivity contribution >= 4 is 17.7 Å². The highest BCUT2D eigenvalue weighted by atomic mass is 15.2. The number of aromatic nitrogens is 1. The number of nitrogens with two attached hydrogens (primary N) is 1. The molecule has 1 atom stereocenters. The Labute approximate surface area is 70.5 Å². The average molecular weight is 162 g/mol. The maximum Gasteiger partial charge on any atom is 0.175 e. The molecule has 0 amide bonds. The smallest absolute Gasteiger partial charge is 0.175 e. The highest BCUT2D eigenvalue weighted by Gasteiger charge is 2.20.